The van der Waals surface area contributed by atoms with E-state index in [1.54, 1.807) is 23.5 Å². The van der Waals surface area contributed by atoms with Crippen molar-refractivity contribution in [1.29, 1.82) is 0 Å². The average Bonchev–Trinajstić information content (AvgIpc) is 2.93. The summed E-state index contributed by atoms with van der Waals surface area (Å²) in [6.07, 6.45) is 0. The highest BCUT2D eigenvalue weighted by Crippen LogP contribution is 2.25. The lowest BCUT2D eigenvalue weighted by molar-refractivity contribution is 0.0601. The summed E-state index contributed by atoms with van der Waals surface area (Å²) < 4.78 is 4.72. The van der Waals surface area contributed by atoms with Gasteiger partial charge in [0.1, 0.15) is 0 Å². The smallest absolute Gasteiger partial charge is 0.337 e. The molecule has 112 valence electrons. The Morgan fingerprint density at radius 1 is 1.38 bits per heavy atom. The Morgan fingerprint density at radius 3 is 2.76 bits per heavy atom. The van der Waals surface area contributed by atoms with Crippen LogP contribution in [0.3, 0.4) is 0 Å². The quantitative estimate of drug-likeness (QED) is 0.872. The predicted octanol–water partition coefficient (Wildman–Crippen LogP) is 3.84. The number of benzene rings is 1. The fraction of sp³-hybridized carbons (Fsp3) is 0.375. The summed E-state index contributed by atoms with van der Waals surface area (Å²) in [7, 11) is 1.38. The van der Waals surface area contributed by atoms with Gasteiger partial charge >= 0.3 is 5.97 Å². The Balaban J connectivity index is 2.03. The van der Waals surface area contributed by atoms with Gasteiger partial charge in [0.15, 0.2) is 0 Å². The topological polar surface area (TPSA) is 51.2 Å². The Morgan fingerprint density at radius 2 is 2.14 bits per heavy atom. The first-order chi connectivity index (χ1) is 9.90. The van der Waals surface area contributed by atoms with E-state index in [-0.39, 0.29) is 11.4 Å². The first kappa shape index (κ1) is 15.5. The lowest BCUT2D eigenvalue weighted by atomic mass is 9.98. The molecule has 0 spiro atoms. The summed E-state index contributed by atoms with van der Waals surface area (Å²) in [6.45, 7) is 7.10. The van der Waals surface area contributed by atoms with E-state index in [0.717, 1.165) is 16.4 Å². The van der Waals surface area contributed by atoms with Crippen LogP contribution in [0.15, 0.2) is 29.6 Å². The molecule has 0 atom stereocenters. The lowest BCUT2D eigenvalue weighted by Crippen LogP contribution is -2.11. The van der Waals surface area contributed by atoms with Crippen LogP contribution in [0.4, 0.5) is 5.69 Å². The third-order valence-electron chi connectivity index (χ3n) is 2.95. The predicted molar refractivity (Wildman–Crippen MR) is 85.9 cm³/mol. The zero-order valence-corrected chi connectivity index (χ0v) is 13.6. The zero-order chi connectivity index (χ0) is 15.5. The van der Waals surface area contributed by atoms with Gasteiger partial charge in [-0.15, -0.1) is 11.3 Å². The number of nitrogens with one attached hydrogen (secondary N) is 1. The second-order valence-corrected chi connectivity index (χ2v) is 6.68. The highest BCUT2D eigenvalue weighted by atomic mass is 32.1. The summed E-state index contributed by atoms with van der Waals surface area (Å²) >= 11 is 1.68. The first-order valence-electron chi connectivity index (χ1n) is 6.77. The van der Waals surface area contributed by atoms with Crippen molar-refractivity contribution in [3.05, 3.63) is 45.9 Å². The van der Waals surface area contributed by atoms with E-state index in [0.29, 0.717) is 12.1 Å². The van der Waals surface area contributed by atoms with Crippen LogP contribution in [0, 0.1) is 0 Å². The molecule has 0 saturated carbocycles. The maximum atomic E-state index is 11.5. The molecule has 0 aliphatic carbocycles. The van der Waals surface area contributed by atoms with Crippen LogP contribution < -0.4 is 5.32 Å². The van der Waals surface area contributed by atoms with Gasteiger partial charge in [0.25, 0.3) is 0 Å². The van der Waals surface area contributed by atoms with Gasteiger partial charge in [-0.05, 0) is 18.2 Å². The van der Waals surface area contributed by atoms with Crippen LogP contribution in [0.5, 0.6) is 0 Å². The molecule has 1 N–H and O–H groups in total. The maximum absolute atomic E-state index is 11.5. The van der Waals surface area contributed by atoms with Crippen LogP contribution in [0.2, 0.25) is 0 Å². The van der Waals surface area contributed by atoms with E-state index in [9.17, 15) is 4.79 Å². The molecule has 0 radical (unpaired) electrons. The molecule has 0 bridgehead atoms. The molecule has 21 heavy (non-hydrogen) atoms. The molecule has 1 aromatic carbocycles. The highest BCUT2D eigenvalue weighted by molar-refractivity contribution is 7.09. The van der Waals surface area contributed by atoms with Gasteiger partial charge in [0.2, 0.25) is 0 Å². The number of methoxy groups -OCH3 is 1. The molecule has 2 aromatic rings. The van der Waals surface area contributed by atoms with E-state index >= 15 is 0 Å². The van der Waals surface area contributed by atoms with Crippen LogP contribution in [0.1, 0.15) is 41.8 Å². The number of thiazole rings is 1. The van der Waals surface area contributed by atoms with Crippen molar-refractivity contribution >= 4 is 23.0 Å². The number of esters is 1. The van der Waals surface area contributed by atoms with E-state index in [4.69, 9.17) is 4.74 Å². The van der Waals surface area contributed by atoms with Gasteiger partial charge < -0.3 is 10.1 Å². The normalized spacial score (nSPS) is 11.2. The number of hydrogen-bond acceptors (Lipinski definition) is 5. The minimum absolute atomic E-state index is 0.0771. The number of rotatable bonds is 4. The molecule has 5 heteroatoms. The molecule has 0 fully saturated rings. The minimum Gasteiger partial charge on any atom is -0.465 e. The van der Waals surface area contributed by atoms with Crippen molar-refractivity contribution in [1.82, 2.24) is 4.98 Å². The molecule has 1 heterocycles. The molecule has 0 unspecified atom stereocenters. The van der Waals surface area contributed by atoms with Crippen molar-refractivity contribution in [2.75, 3.05) is 12.4 Å². The number of hydrogen-bond donors (Lipinski definition) is 1. The van der Waals surface area contributed by atoms with Gasteiger partial charge in [-0.2, -0.15) is 0 Å². The summed E-state index contributed by atoms with van der Waals surface area (Å²) in [6, 6.07) is 7.26. The highest BCUT2D eigenvalue weighted by Gasteiger charge is 2.17. The Hall–Kier alpha value is -1.88. The Labute approximate surface area is 129 Å². The maximum Gasteiger partial charge on any atom is 0.337 e. The van der Waals surface area contributed by atoms with E-state index in [1.165, 1.54) is 7.11 Å². The fourth-order valence-electron chi connectivity index (χ4n) is 1.80. The van der Waals surface area contributed by atoms with Gasteiger partial charge in [0, 0.05) is 16.5 Å². The first-order valence-corrected chi connectivity index (χ1v) is 7.65. The Bertz CT molecular complexity index is 629. The molecule has 0 aliphatic heterocycles. The van der Waals surface area contributed by atoms with Crippen LogP contribution in [-0.2, 0) is 16.7 Å². The van der Waals surface area contributed by atoms with Crippen LogP contribution in [0.25, 0.3) is 0 Å². The summed E-state index contributed by atoms with van der Waals surface area (Å²) in [5.74, 6) is -0.331. The van der Waals surface area contributed by atoms with Crippen LogP contribution in [-0.4, -0.2) is 18.1 Å². The van der Waals surface area contributed by atoms with Gasteiger partial charge in [-0.1, -0.05) is 26.8 Å². The molecule has 0 amide bonds. The second kappa shape index (κ2) is 6.26. The largest absolute Gasteiger partial charge is 0.465 e. The number of nitrogens with zero attached hydrogens (tertiary/aromatic N) is 1. The molecule has 0 aliphatic rings. The lowest BCUT2D eigenvalue weighted by Gasteiger charge is -2.13. The number of carbonyl (C=O) groups is 1. The van der Waals surface area contributed by atoms with Gasteiger partial charge in [0.05, 0.1) is 29.9 Å². The number of carbonyl (C=O) groups excluding carboxylic acids is 1. The Kier molecular flexibility index (Phi) is 4.63. The van der Waals surface area contributed by atoms with Crippen molar-refractivity contribution in [3.8, 4) is 0 Å². The fourth-order valence-corrected chi connectivity index (χ4v) is 2.71. The summed E-state index contributed by atoms with van der Waals surface area (Å²) in [5.41, 5.74) is 2.50. The van der Waals surface area contributed by atoms with E-state index in [1.807, 2.05) is 12.1 Å². The van der Waals surface area contributed by atoms with Gasteiger partial charge in [-0.25, -0.2) is 9.78 Å². The standard InChI is InChI=1S/C16H20N2O2S/c1-16(2,3)15-18-13(10-21-15)9-17-12-7-5-6-11(8-12)14(19)20-4/h5-8,10,17H,9H2,1-4H3. The summed E-state index contributed by atoms with van der Waals surface area (Å²) in [5, 5.41) is 6.48. The van der Waals surface area contributed by atoms with Crippen molar-refractivity contribution < 1.29 is 9.53 Å². The molecular formula is C16H20N2O2S. The number of anilines is 1. The third kappa shape index (κ3) is 4.04. The molecule has 4 nitrogen and oxygen atoms in total. The van der Waals surface area contributed by atoms with Crippen molar-refractivity contribution in [2.24, 2.45) is 0 Å². The van der Waals surface area contributed by atoms with Gasteiger partial charge in [-0.3, -0.25) is 0 Å². The summed E-state index contributed by atoms with van der Waals surface area (Å²) in [4.78, 5) is 16.1. The monoisotopic (exact) mass is 304 g/mol. The third-order valence-corrected chi connectivity index (χ3v) is 4.27. The van der Waals surface area contributed by atoms with E-state index in [2.05, 4.69) is 36.5 Å². The molecule has 2 rings (SSSR count). The number of ether oxygens (including phenoxy) is 1. The number of aromatic nitrogens is 1. The van der Waals surface area contributed by atoms with Crippen molar-refractivity contribution in [2.45, 2.75) is 32.7 Å². The van der Waals surface area contributed by atoms with E-state index < -0.39 is 0 Å². The average molecular weight is 304 g/mol. The second-order valence-electron chi connectivity index (χ2n) is 5.82. The minimum atomic E-state index is -0.331. The van der Waals surface area contributed by atoms with Crippen molar-refractivity contribution in [3.63, 3.8) is 0 Å². The zero-order valence-electron chi connectivity index (χ0n) is 12.8. The molecular weight excluding hydrogens is 284 g/mol. The SMILES string of the molecule is COC(=O)c1cccc(NCc2csc(C(C)(C)C)n2)c1. The molecule has 0 saturated heterocycles. The molecule has 1 aromatic heterocycles. The van der Waals surface area contributed by atoms with Crippen LogP contribution >= 0.6 is 11.3 Å².